The number of aliphatic hydroxyl groups excluding tert-OH is 1. The summed E-state index contributed by atoms with van der Waals surface area (Å²) in [5.41, 5.74) is 1.06. The molecule has 0 unspecified atom stereocenters. The molecule has 1 aliphatic rings. The van der Waals surface area contributed by atoms with Crippen molar-refractivity contribution in [3.63, 3.8) is 0 Å². The maximum atomic E-state index is 13.7. The fourth-order valence-corrected chi connectivity index (χ4v) is 7.07. The number of nitrogens with zero attached hydrogens (tertiary/aromatic N) is 2. The van der Waals surface area contributed by atoms with Gasteiger partial charge in [-0.1, -0.05) is 49.4 Å². The Labute approximate surface area is 254 Å². The van der Waals surface area contributed by atoms with Gasteiger partial charge in [-0.15, -0.1) is 11.3 Å². The number of benzene rings is 3. The first-order chi connectivity index (χ1) is 20.6. The Bertz CT molecular complexity index is 1720. The molecule has 3 amide bonds. The van der Waals surface area contributed by atoms with Crippen LogP contribution >= 0.6 is 11.3 Å². The summed E-state index contributed by atoms with van der Waals surface area (Å²) in [4.78, 5) is 30.1. The van der Waals surface area contributed by atoms with Crippen LogP contribution in [0, 0.1) is 5.92 Å². The number of carbonyl (C=O) groups excluding carboxylic acids is 2. The highest BCUT2D eigenvalue weighted by Crippen LogP contribution is 2.32. The third-order valence-corrected chi connectivity index (χ3v) is 10.3. The molecule has 3 N–H and O–H groups in total. The zero-order valence-electron chi connectivity index (χ0n) is 24.1. The number of aliphatic hydroxyl groups is 1. The van der Waals surface area contributed by atoms with E-state index in [0.717, 1.165) is 22.1 Å². The van der Waals surface area contributed by atoms with Crippen LogP contribution in [0.25, 0.3) is 10.8 Å². The lowest BCUT2D eigenvalue weighted by Gasteiger charge is -2.38. The summed E-state index contributed by atoms with van der Waals surface area (Å²) in [5.74, 6) is -0.337. The van der Waals surface area contributed by atoms with E-state index in [1.165, 1.54) is 23.1 Å². The van der Waals surface area contributed by atoms with E-state index < -0.39 is 22.2 Å². The Morgan fingerprint density at radius 3 is 2.65 bits per heavy atom. The molecule has 0 spiro atoms. The highest BCUT2D eigenvalue weighted by atomic mass is 32.2. The summed E-state index contributed by atoms with van der Waals surface area (Å²) in [6.07, 6.45) is -0.517. The van der Waals surface area contributed by atoms with Crippen molar-refractivity contribution < 1.29 is 27.9 Å². The minimum Gasteiger partial charge on any atom is -0.487 e. The van der Waals surface area contributed by atoms with Crippen molar-refractivity contribution in [2.24, 2.45) is 5.92 Å². The SMILES string of the molecule is C[C@H]1CN([C@@H](C)CO)C(=O)c2cc(NS(=O)(=O)c3cccs3)ccc2O[C@H]1CN(C)C(=O)Nc1cccc2ccccc12. The minimum atomic E-state index is -3.84. The molecule has 3 atom stereocenters. The molecule has 5 rings (SSSR count). The predicted octanol–water partition coefficient (Wildman–Crippen LogP) is 5.09. The van der Waals surface area contributed by atoms with Gasteiger partial charge in [0, 0.05) is 30.6 Å². The number of sulfonamides is 1. The lowest BCUT2D eigenvalue weighted by atomic mass is 9.99. The molecule has 10 nitrogen and oxygen atoms in total. The third kappa shape index (κ3) is 6.61. The number of amides is 3. The van der Waals surface area contributed by atoms with E-state index in [-0.39, 0.29) is 58.8 Å². The van der Waals surface area contributed by atoms with Crippen LogP contribution in [-0.4, -0.2) is 74.2 Å². The van der Waals surface area contributed by atoms with Crippen LogP contribution in [0.5, 0.6) is 5.75 Å². The van der Waals surface area contributed by atoms with Gasteiger partial charge in [0.2, 0.25) is 0 Å². The molecule has 1 aliphatic heterocycles. The van der Waals surface area contributed by atoms with Gasteiger partial charge in [-0.05, 0) is 48.0 Å². The molecular formula is C31H34N4O6S2. The van der Waals surface area contributed by atoms with E-state index in [4.69, 9.17) is 4.74 Å². The molecule has 0 aliphatic carbocycles. The van der Waals surface area contributed by atoms with E-state index in [1.807, 2.05) is 49.4 Å². The highest BCUT2D eigenvalue weighted by molar-refractivity contribution is 7.94. The molecule has 0 bridgehead atoms. The van der Waals surface area contributed by atoms with E-state index in [2.05, 4.69) is 10.0 Å². The standard InChI is InChI=1S/C31H34N4O6S2/c1-20-17-35(21(2)19-36)30(37)25-16-23(33-43(39,40)29-12-7-15-42-29)13-14-27(25)41-28(20)18-34(3)31(38)32-26-11-6-9-22-8-4-5-10-24(22)26/h4-16,20-21,28,33,36H,17-19H2,1-3H3,(H,32,38)/t20-,21-,28-/m0/s1. The van der Waals surface area contributed by atoms with Crippen molar-refractivity contribution in [2.75, 3.05) is 36.8 Å². The van der Waals surface area contributed by atoms with Crippen molar-refractivity contribution in [2.45, 2.75) is 30.2 Å². The smallest absolute Gasteiger partial charge is 0.321 e. The van der Waals surface area contributed by atoms with Gasteiger partial charge in [0.1, 0.15) is 16.1 Å². The Kier molecular flexibility index (Phi) is 8.90. The highest BCUT2D eigenvalue weighted by Gasteiger charge is 2.34. The monoisotopic (exact) mass is 622 g/mol. The van der Waals surface area contributed by atoms with E-state index in [1.54, 1.807) is 36.4 Å². The third-order valence-electron chi connectivity index (χ3n) is 7.51. The fourth-order valence-electron chi connectivity index (χ4n) is 5.02. The molecule has 4 aromatic rings. The van der Waals surface area contributed by atoms with Gasteiger partial charge >= 0.3 is 6.03 Å². The van der Waals surface area contributed by atoms with Gasteiger partial charge in [-0.3, -0.25) is 9.52 Å². The van der Waals surface area contributed by atoms with Crippen LogP contribution in [0.3, 0.4) is 0 Å². The number of ether oxygens (including phenoxy) is 1. The van der Waals surface area contributed by atoms with Crippen molar-refractivity contribution in [1.82, 2.24) is 9.80 Å². The number of nitrogens with one attached hydrogen (secondary N) is 2. The second-order valence-electron chi connectivity index (χ2n) is 10.7. The molecule has 0 saturated carbocycles. The molecular weight excluding hydrogens is 588 g/mol. The van der Waals surface area contributed by atoms with Crippen LogP contribution in [0.4, 0.5) is 16.2 Å². The van der Waals surface area contributed by atoms with Crippen molar-refractivity contribution >= 4 is 55.4 Å². The zero-order valence-corrected chi connectivity index (χ0v) is 25.7. The first-order valence-corrected chi connectivity index (χ1v) is 16.2. The number of anilines is 2. The summed E-state index contributed by atoms with van der Waals surface area (Å²) in [7, 11) is -2.16. The Morgan fingerprint density at radius 1 is 1.14 bits per heavy atom. The molecule has 43 heavy (non-hydrogen) atoms. The number of likely N-dealkylation sites (N-methyl/N-ethyl adjacent to an activating group) is 1. The number of carbonyl (C=O) groups is 2. The maximum Gasteiger partial charge on any atom is 0.321 e. The first-order valence-electron chi connectivity index (χ1n) is 13.9. The van der Waals surface area contributed by atoms with Crippen LogP contribution < -0.4 is 14.8 Å². The summed E-state index contributed by atoms with van der Waals surface area (Å²) < 4.78 is 34.7. The van der Waals surface area contributed by atoms with E-state index >= 15 is 0 Å². The Hall–Kier alpha value is -4.13. The fraction of sp³-hybridized carbons (Fsp3) is 0.290. The maximum absolute atomic E-state index is 13.7. The lowest BCUT2D eigenvalue weighted by molar-refractivity contribution is 0.0371. The normalized spacial score (nSPS) is 17.8. The molecule has 12 heteroatoms. The summed E-state index contributed by atoms with van der Waals surface area (Å²) >= 11 is 1.09. The molecule has 1 aromatic heterocycles. The molecule has 3 aromatic carbocycles. The lowest BCUT2D eigenvalue weighted by Crippen LogP contribution is -2.50. The van der Waals surface area contributed by atoms with Gasteiger partial charge in [0.25, 0.3) is 15.9 Å². The first kappa shape index (κ1) is 30.3. The van der Waals surface area contributed by atoms with Crippen LogP contribution in [-0.2, 0) is 10.0 Å². The van der Waals surface area contributed by atoms with Gasteiger partial charge in [-0.2, -0.15) is 0 Å². The van der Waals surface area contributed by atoms with Crippen LogP contribution in [0.2, 0.25) is 0 Å². The number of rotatable bonds is 8. The number of fused-ring (bicyclic) bond motifs is 2. The summed E-state index contributed by atoms with van der Waals surface area (Å²) in [5, 5.41) is 16.5. The summed E-state index contributed by atoms with van der Waals surface area (Å²) in [6.45, 7) is 3.89. The Balaban J connectivity index is 1.40. The second kappa shape index (κ2) is 12.6. The van der Waals surface area contributed by atoms with Gasteiger partial charge < -0.3 is 25.0 Å². The summed E-state index contributed by atoms with van der Waals surface area (Å²) in [6, 6.07) is 20.4. The number of urea groups is 1. The topological polar surface area (TPSA) is 128 Å². The van der Waals surface area contributed by atoms with Gasteiger partial charge in [-0.25, -0.2) is 13.2 Å². The van der Waals surface area contributed by atoms with Gasteiger partial charge in [0.15, 0.2) is 0 Å². The molecule has 0 saturated heterocycles. The van der Waals surface area contributed by atoms with Gasteiger partial charge in [0.05, 0.1) is 30.4 Å². The molecule has 0 radical (unpaired) electrons. The quantitative estimate of drug-likeness (QED) is 0.251. The number of thiophene rings is 1. The number of hydrogen-bond acceptors (Lipinski definition) is 7. The molecule has 226 valence electrons. The van der Waals surface area contributed by atoms with Crippen molar-refractivity contribution in [1.29, 1.82) is 0 Å². The predicted molar refractivity (Wildman–Crippen MR) is 168 cm³/mol. The average molecular weight is 623 g/mol. The van der Waals surface area contributed by atoms with Crippen LogP contribution in [0.1, 0.15) is 24.2 Å². The number of hydrogen-bond donors (Lipinski definition) is 3. The Morgan fingerprint density at radius 2 is 1.91 bits per heavy atom. The van der Waals surface area contributed by atoms with E-state index in [0.29, 0.717) is 5.69 Å². The van der Waals surface area contributed by atoms with Crippen LogP contribution in [0.15, 0.2) is 82.4 Å². The largest absolute Gasteiger partial charge is 0.487 e. The second-order valence-corrected chi connectivity index (χ2v) is 13.6. The van der Waals surface area contributed by atoms with Crippen molar-refractivity contribution in [3.8, 4) is 5.75 Å². The minimum absolute atomic E-state index is 0.149. The molecule has 0 fully saturated rings. The van der Waals surface area contributed by atoms with Crippen molar-refractivity contribution in [3.05, 3.63) is 83.7 Å². The van der Waals surface area contributed by atoms with E-state index in [9.17, 15) is 23.1 Å². The average Bonchev–Trinajstić information content (AvgIpc) is 3.55. The zero-order chi connectivity index (χ0) is 30.7. The molecule has 2 heterocycles.